The fourth-order valence-corrected chi connectivity index (χ4v) is 4.16. The van der Waals surface area contributed by atoms with Crippen LogP contribution in [0.2, 0.25) is 0 Å². The summed E-state index contributed by atoms with van der Waals surface area (Å²) in [6, 6.07) is 20.0. The fourth-order valence-electron chi connectivity index (χ4n) is 3.11. The van der Waals surface area contributed by atoms with Crippen molar-refractivity contribution in [3.63, 3.8) is 0 Å². The van der Waals surface area contributed by atoms with E-state index in [4.69, 9.17) is 0 Å². The SMILES string of the molecule is CN=C(NCCC(=O)N(C)Cc1ccccc1)NCC(O)c1cc2ccccc2s1.I. The number of halogens is 1. The lowest BCUT2D eigenvalue weighted by Crippen LogP contribution is -2.41. The molecule has 1 aromatic heterocycles. The minimum atomic E-state index is -0.625. The summed E-state index contributed by atoms with van der Waals surface area (Å²) in [5, 5.41) is 17.9. The van der Waals surface area contributed by atoms with Crippen molar-refractivity contribution in [2.24, 2.45) is 4.99 Å². The maximum absolute atomic E-state index is 12.3. The molecule has 31 heavy (non-hydrogen) atoms. The first-order valence-electron chi connectivity index (χ1n) is 9.95. The number of aliphatic imine (C=N–C) groups is 1. The molecule has 1 amide bonds. The van der Waals surface area contributed by atoms with Crippen LogP contribution in [0.25, 0.3) is 10.1 Å². The standard InChI is InChI=1S/C23H28N4O2S.HI/c1-24-23(25-13-12-22(29)27(2)16-17-8-4-3-5-9-17)26-15-19(28)21-14-18-10-6-7-11-20(18)30-21;/h3-11,14,19,28H,12-13,15-16H2,1-2H3,(H2,24,25,26);1H. The van der Waals surface area contributed by atoms with Crippen molar-refractivity contribution in [2.45, 2.75) is 19.1 Å². The molecule has 0 aliphatic carbocycles. The summed E-state index contributed by atoms with van der Waals surface area (Å²) in [5.41, 5.74) is 1.11. The Hall–Kier alpha value is -2.17. The summed E-state index contributed by atoms with van der Waals surface area (Å²) in [6.45, 7) is 1.40. The molecule has 3 N–H and O–H groups in total. The first-order chi connectivity index (χ1) is 14.6. The summed E-state index contributed by atoms with van der Waals surface area (Å²) in [7, 11) is 3.48. The molecule has 0 aliphatic heterocycles. The van der Waals surface area contributed by atoms with Crippen LogP contribution >= 0.6 is 35.3 Å². The van der Waals surface area contributed by atoms with Gasteiger partial charge in [-0.15, -0.1) is 35.3 Å². The Morgan fingerprint density at radius 3 is 2.55 bits per heavy atom. The van der Waals surface area contributed by atoms with Gasteiger partial charge in [-0.2, -0.15) is 0 Å². The molecular formula is C23H29IN4O2S. The number of fused-ring (bicyclic) bond motifs is 1. The van der Waals surface area contributed by atoms with E-state index in [2.05, 4.69) is 21.7 Å². The van der Waals surface area contributed by atoms with E-state index in [1.54, 1.807) is 23.3 Å². The summed E-state index contributed by atoms with van der Waals surface area (Å²) in [5.74, 6) is 0.626. The van der Waals surface area contributed by atoms with Crippen LogP contribution in [0.1, 0.15) is 23.0 Å². The number of guanidine groups is 1. The molecule has 1 heterocycles. The second-order valence-electron chi connectivity index (χ2n) is 7.07. The van der Waals surface area contributed by atoms with Crippen LogP contribution in [0.15, 0.2) is 65.7 Å². The molecule has 0 saturated carbocycles. The van der Waals surface area contributed by atoms with E-state index in [9.17, 15) is 9.90 Å². The smallest absolute Gasteiger partial charge is 0.224 e. The molecule has 2 aromatic carbocycles. The number of hydrogen-bond donors (Lipinski definition) is 3. The number of hydrogen-bond acceptors (Lipinski definition) is 4. The minimum absolute atomic E-state index is 0. The lowest BCUT2D eigenvalue weighted by molar-refractivity contribution is -0.130. The van der Waals surface area contributed by atoms with E-state index in [0.29, 0.717) is 32.0 Å². The highest BCUT2D eigenvalue weighted by molar-refractivity contribution is 14.0. The van der Waals surface area contributed by atoms with Gasteiger partial charge in [0.2, 0.25) is 5.91 Å². The molecule has 6 nitrogen and oxygen atoms in total. The van der Waals surface area contributed by atoms with Crippen molar-refractivity contribution in [3.8, 4) is 0 Å². The van der Waals surface area contributed by atoms with Crippen molar-refractivity contribution in [1.82, 2.24) is 15.5 Å². The number of aliphatic hydroxyl groups excluding tert-OH is 1. The Bertz CT molecular complexity index is 960. The van der Waals surface area contributed by atoms with E-state index in [0.717, 1.165) is 20.5 Å². The molecule has 0 saturated heterocycles. The average molecular weight is 552 g/mol. The zero-order valence-electron chi connectivity index (χ0n) is 17.7. The quantitative estimate of drug-likeness (QED) is 0.226. The molecule has 166 valence electrons. The van der Waals surface area contributed by atoms with Crippen LogP contribution in [-0.2, 0) is 11.3 Å². The predicted molar refractivity (Wildman–Crippen MR) is 139 cm³/mol. The number of thiophene rings is 1. The van der Waals surface area contributed by atoms with Crippen molar-refractivity contribution >= 4 is 57.3 Å². The number of amides is 1. The zero-order valence-corrected chi connectivity index (χ0v) is 20.9. The van der Waals surface area contributed by atoms with Crippen LogP contribution in [0.3, 0.4) is 0 Å². The van der Waals surface area contributed by atoms with Gasteiger partial charge in [0.1, 0.15) is 6.10 Å². The number of carbonyl (C=O) groups excluding carboxylic acids is 1. The van der Waals surface area contributed by atoms with Gasteiger partial charge in [-0.1, -0.05) is 48.5 Å². The van der Waals surface area contributed by atoms with Gasteiger partial charge in [0.15, 0.2) is 5.96 Å². The maximum Gasteiger partial charge on any atom is 0.224 e. The highest BCUT2D eigenvalue weighted by Crippen LogP contribution is 2.29. The Morgan fingerprint density at radius 2 is 1.84 bits per heavy atom. The first kappa shape index (κ1) is 25.1. The number of aliphatic hydroxyl groups is 1. The van der Waals surface area contributed by atoms with Crippen molar-refractivity contribution in [1.29, 1.82) is 0 Å². The summed E-state index contributed by atoms with van der Waals surface area (Å²) >= 11 is 1.59. The molecule has 0 radical (unpaired) electrons. The third-order valence-electron chi connectivity index (χ3n) is 4.78. The highest BCUT2D eigenvalue weighted by Gasteiger charge is 2.13. The normalized spacial score (nSPS) is 12.2. The zero-order chi connectivity index (χ0) is 21.3. The van der Waals surface area contributed by atoms with Gasteiger partial charge in [-0.3, -0.25) is 9.79 Å². The highest BCUT2D eigenvalue weighted by atomic mass is 127. The van der Waals surface area contributed by atoms with Gasteiger partial charge in [0.25, 0.3) is 0 Å². The van der Waals surface area contributed by atoms with E-state index < -0.39 is 6.10 Å². The van der Waals surface area contributed by atoms with Crippen molar-refractivity contribution < 1.29 is 9.90 Å². The minimum Gasteiger partial charge on any atom is -0.386 e. The second-order valence-corrected chi connectivity index (χ2v) is 8.18. The number of benzene rings is 2. The van der Waals surface area contributed by atoms with Gasteiger partial charge in [0.05, 0.1) is 0 Å². The topological polar surface area (TPSA) is 77.0 Å². The molecular weight excluding hydrogens is 523 g/mol. The first-order valence-corrected chi connectivity index (χ1v) is 10.8. The molecule has 3 aromatic rings. The Kier molecular flexibility index (Phi) is 10.2. The van der Waals surface area contributed by atoms with Crippen LogP contribution in [-0.4, -0.2) is 49.1 Å². The summed E-state index contributed by atoms with van der Waals surface area (Å²) in [6.07, 6.45) is -0.261. The van der Waals surface area contributed by atoms with Crippen molar-refractivity contribution in [3.05, 3.63) is 71.1 Å². The Labute approximate surface area is 204 Å². The lowest BCUT2D eigenvalue weighted by atomic mass is 10.2. The number of carbonyl (C=O) groups is 1. The summed E-state index contributed by atoms with van der Waals surface area (Å²) < 4.78 is 1.16. The average Bonchev–Trinajstić information content (AvgIpc) is 3.21. The molecule has 0 spiro atoms. The summed E-state index contributed by atoms with van der Waals surface area (Å²) in [4.78, 5) is 19.1. The second kappa shape index (κ2) is 12.6. The Balaban J connectivity index is 0.00000341. The van der Waals surface area contributed by atoms with Crippen molar-refractivity contribution in [2.75, 3.05) is 27.2 Å². The number of nitrogens with zero attached hydrogens (tertiary/aromatic N) is 2. The van der Waals surface area contributed by atoms with Gasteiger partial charge in [-0.25, -0.2) is 0 Å². The molecule has 0 aliphatic rings. The third kappa shape index (κ3) is 7.48. The lowest BCUT2D eigenvalue weighted by Gasteiger charge is -2.18. The maximum atomic E-state index is 12.3. The van der Waals surface area contributed by atoms with Gasteiger partial charge < -0.3 is 20.6 Å². The van der Waals surface area contributed by atoms with Gasteiger partial charge in [-0.05, 0) is 23.1 Å². The van der Waals surface area contributed by atoms with E-state index >= 15 is 0 Å². The molecule has 0 fully saturated rings. The van der Waals surface area contributed by atoms with E-state index in [-0.39, 0.29) is 29.9 Å². The van der Waals surface area contributed by atoms with Crippen LogP contribution in [0, 0.1) is 0 Å². The monoisotopic (exact) mass is 552 g/mol. The number of nitrogens with one attached hydrogen (secondary N) is 2. The van der Waals surface area contributed by atoms with E-state index in [1.165, 1.54) is 0 Å². The fraction of sp³-hybridized carbons (Fsp3) is 0.304. The van der Waals surface area contributed by atoms with Gasteiger partial charge in [0, 0.05) is 49.7 Å². The van der Waals surface area contributed by atoms with Crippen LogP contribution < -0.4 is 10.6 Å². The van der Waals surface area contributed by atoms with Crippen LogP contribution in [0.4, 0.5) is 0 Å². The van der Waals surface area contributed by atoms with E-state index in [1.807, 2.05) is 61.6 Å². The van der Waals surface area contributed by atoms with Crippen LogP contribution in [0.5, 0.6) is 0 Å². The molecule has 3 rings (SSSR count). The molecule has 1 unspecified atom stereocenters. The molecule has 1 atom stereocenters. The largest absolute Gasteiger partial charge is 0.386 e. The number of rotatable bonds is 8. The van der Waals surface area contributed by atoms with Gasteiger partial charge >= 0.3 is 0 Å². The molecule has 8 heteroatoms. The Morgan fingerprint density at radius 1 is 1.13 bits per heavy atom. The third-order valence-corrected chi connectivity index (χ3v) is 6.00. The molecule has 0 bridgehead atoms. The predicted octanol–water partition coefficient (Wildman–Crippen LogP) is 3.77.